The fourth-order valence-electron chi connectivity index (χ4n) is 3.45. The number of amides is 2. The van der Waals surface area contributed by atoms with Crippen LogP contribution in [-0.2, 0) is 19.1 Å². The third kappa shape index (κ3) is 6.04. The van der Waals surface area contributed by atoms with Gasteiger partial charge in [-0.3, -0.25) is 14.4 Å². The summed E-state index contributed by atoms with van der Waals surface area (Å²) in [6.45, 7) is 2.20. The van der Waals surface area contributed by atoms with Crippen molar-refractivity contribution in [3.05, 3.63) is 77.9 Å². The van der Waals surface area contributed by atoms with Crippen LogP contribution in [0.3, 0.4) is 0 Å². The van der Waals surface area contributed by atoms with Crippen molar-refractivity contribution >= 4 is 23.4 Å². The van der Waals surface area contributed by atoms with E-state index in [9.17, 15) is 14.4 Å². The van der Waals surface area contributed by atoms with E-state index in [1.54, 1.807) is 4.90 Å². The van der Waals surface area contributed by atoms with Crippen molar-refractivity contribution in [1.29, 1.82) is 0 Å². The van der Waals surface area contributed by atoms with Gasteiger partial charge in [0.05, 0.1) is 12.5 Å². The van der Waals surface area contributed by atoms with Gasteiger partial charge >= 0.3 is 5.97 Å². The van der Waals surface area contributed by atoms with Crippen molar-refractivity contribution in [1.82, 2.24) is 10.2 Å². The summed E-state index contributed by atoms with van der Waals surface area (Å²) < 4.78 is 5.20. The Labute approximate surface area is 176 Å². The second kappa shape index (κ2) is 10.4. The number of benzene rings is 2. The summed E-state index contributed by atoms with van der Waals surface area (Å²) in [4.78, 5) is 37.9. The number of ether oxygens (including phenoxy) is 1. The van der Waals surface area contributed by atoms with E-state index < -0.39 is 12.0 Å². The molecular formula is C24H26N2O4. The van der Waals surface area contributed by atoms with Crippen LogP contribution in [0, 0.1) is 0 Å². The molecule has 0 spiro atoms. The molecular weight excluding hydrogens is 380 g/mol. The molecule has 30 heavy (non-hydrogen) atoms. The fraction of sp³-hybridized carbons (Fsp3) is 0.292. The summed E-state index contributed by atoms with van der Waals surface area (Å²) in [6, 6.07) is 18.8. The Bertz CT molecular complexity index is 909. The maximum absolute atomic E-state index is 12.4. The number of hydrogen-bond donors (Lipinski definition) is 1. The van der Waals surface area contributed by atoms with E-state index in [0.29, 0.717) is 13.1 Å². The number of carbonyl (C=O) groups excluding carboxylic acids is 3. The maximum atomic E-state index is 12.4. The van der Waals surface area contributed by atoms with Crippen LogP contribution in [0.25, 0.3) is 5.57 Å². The van der Waals surface area contributed by atoms with Crippen molar-refractivity contribution in [2.45, 2.75) is 25.8 Å². The highest BCUT2D eigenvalue weighted by Gasteiger charge is 2.21. The molecule has 1 heterocycles. The zero-order valence-corrected chi connectivity index (χ0v) is 17.0. The molecule has 6 nitrogen and oxygen atoms in total. The molecule has 2 aromatic carbocycles. The quantitative estimate of drug-likeness (QED) is 0.717. The van der Waals surface area contributed by atoms with Crippen molar-refractivity contribution in [2.75, 3.05) is 19.7 Å². The van der Waals surface area contributed by atoms with Gasteiger partial charge in [-0.1, -0.05) is 66.7 Å². The van der Waals surface area contributed by atoms with Crippen molar-refractivity contribution in [3.8, 4) is 0 Å². The van der Waals surface area contributed by atoms with Gasteiger partial charge in [-0.05, 0) is 23.1 Å². The molecule has 156 valence electrons. The first kappa shape index (κ1) is 21.3. The second-order valence-electron chi connectivity index (χ2n) is 7.21. The molecule has 0 saturated heterocycles. The van der Waals surface area contributed by atoms with Crippen LogP contribution in [0.15, 0.2) is 66.7 Å². The van der Waals surface area contributed by atoms with Crippen LogP contribution >= 0.6 is 0 Å². The molecule has 0 saturated carbocycles. The minimum atomic E-state index is -0.525. The molecule has 0 unspecified atom stereocenters. The molecule has 1 aliphatic heterocycles. The standard InChI is InChI=1S/C24H26N2O4/c1-18(27)25-22(21-10-6-3-7-11-21)16-24(29)30-17-23(28)26-14-12-20(13-15-26)19-8-4-2-5-9-19/h2-12,22H,13-17H2,1H3,(H,25,27)/t22-/m1/s1. The van der Waals surface area contributed by atoms with Gasteiger partial charge in [0.15, 0.2) is 6.61 Å². The van der Waals surface area contributed by atoms with E-state index in [4.69, 9.17) is 4.74 Å². The topological polar surface area (TPSA) is 75.7 Å². The first-order valence-electron chi connectivity index (χ1n) is 10.0. The van der Waals surface area contributed by atoms with E-state index >= 15 is 0 Å². The molecule has 1 aliphatic rings. The van der Waals surface area contributed by atoms with E-state index in [1.165, 1.54) is 18.1 Å². The number of rotatable bonds is 7. The van der Waals surface area contributed by atoms with Gasteiger partial charge in [0.1, 0.15) is 0 Å². The number of nitrogens with zero attached hydrogens (tertiary/aromatic N) is 1. The van der Waals surface area contributed by atoms with Gasteiger partial charge in [-0.15, -0.1) is 0 Å². The molecule has 0 radical (unpaired) electrons. The van der Waals surface area contributed by atoms with Crippen LogP contribution in [-0.4, -0.2) is 42.4 Å². The average molecular weight is 406 g/mol. The third-order valence-electron chi connectivity index (χ3n) is 5.01. The van der Waals surface area contributed by atoms with E-state index in [0.717, 1.165) is 12.0 Å². The number of esters is 1. The van der Waals surface area contributed by atoms with Gasteiger partial charge < -0.3 is 15.0 Å². The first-order chi connectivity index (χ1) is 14.5. The highest BCUT2D eigenvalue weighted by Crippen LogP contribution is 2.22. The first-order valence-corrected chi connectivity index (χ1v) is 10.0. The number of nitrogens with one attached hydrogen (secondary N) is 1. The van der Waals surface area contributed by atoms with Gasteiger partial charge in [0, 0.05) is 20.0 Å². The SMILES string of the molecule is CC(=O)N[C@H](CC(=O)OCC(=O)N1CC=C(c2ccccc2)CC1)c1ccccc1. The van der Waals surface area contributed by atoms with Crippen molar-refractivity contribution in [2.24, 2.45) is 0 Å². The van der Waals surface area contributed by atoms with E-state index in [1.807, 2.05) is 54.6 Å². The Hall–Kier alpha value is -3.41. The normalized spacial score (nSPS) is 14.4. The van der Waals surface area contributed by atoms with Gasteiger partial charge in [-0.2, -0.15) is 0 Å². The predicted molar refractivity (Wildman–Crippen MR) is 114 cm³/mol. The fourth-order valence-corrected chi connectivity index (χ4v) is 3.45. The summed E-state index contributed by atoms with van der Waals surface area (Å²) in [6.07, 6.45) is 2.78. The molecule has 6 heteroatoms. The Morgan fingerprint density at radius 3 is 2.30 bits per heavy atom. The molecule has 0 bridgehead atoms. The van der Waals surface area contributed by atoms with E-state index in [2.05, 4.69) is 17.4 Å². The Kier molecular flexibility index (Phi) is 7.38. The molecule has 0 aromatic heterocycles. The third-order valence-corrected chi connectivity index (χ3v) is 5.01. The molecule has 1 atom stereocenters. The molecule has 0 aliphatic carbocycles. The van der Waals surface area contributed by atoms with Crippen LogP contribution in [0.1, 0.15) is 36.9 Å². The lowest BCUT2D eigenvalue weighted by molar-refractivity contribution is -0.152. The molecule has 2 amide bonds. The highest BCUT2D eigenvalue weighted by atomic mass is 16.5. The van der Waals surface area contributed by atoms with Gasteiger partial charge in [0.25, 0.3) is 5.91 Å². The summed E-state index contributed by atoms with van der Waals surface area (Å²) in [5.74, 6) is -0.979. The predicted octanol–water partition coefficient (Wildman–Crippen LogP) is 3.11. The summed E-state index contributed by atoms with van der Waals surface area (Å²) in [5, 5.41) is 2.76. The lowest BCUT2D eigenvalue weighted by atomic mass is 10.00. The highest BCUT2D eigenvalue weighted by molar-refractivity contribution is 5.82. The lowest BCUT2D eigenvalue weighted by Crippen LogP contribution is -2.38. The zero-order valence-electron chi connectivity index (χ0n) is 17.0. The monoisotopic (exact) mass is 406 g/mol. The minimum Gasteiger partial charge on any atom is -0.455 e. The summed E-state index contributed by atoms with van der Waals surface area (Å²) in [5.41, 5.74) is 3.20. The van der Waals surface area contributed by atoms with Crippen LogP contribution < -0.4 is 5.32 Å². The smallest absolute Gasteiger partial charge is 0.308 e. The Morgan fingerprint density at radius 2 is 1.70 bits per heavy atom. The molecule has 0 fully saturated rings. The summed E-state index contributed by atoms with van der Waals surface area (Å²) in [7, 11) is 0. The van der Waals surface area contributed by atoms with Crippen LogP contribution in [0.5, 0.6) is 0 Å². The molecule has 1 N–H and O–H groups in total. The van der Waals surface area contributed by atoms with Gasteiger partial charge in [0.2, 0.25) is 5.91 Å². The summed E-state index contributed by atoms with van der Waals surface area (Å²) >= 11 is 0. The average Bonchev–Trinajstić information content (AvgIpc) is 2.78. The van der Waals surface area contributed by atoms with Crippen molar-refractivity contribution < 1.29 is 19.1 Å². The van der Waals surface area contributed by atoms with Crippen molar-refractivity contribution in [3.63, 3.8) is 0 Å². The lowest BCUT2D eigenvalue weighted by Gasteiger charge is -2.26. The van der Waals surface area contributed by atoms with Crippen LogP contribution in [0.2, 0.25) is 0 Å². The number of carbonyl (C=O) groups is 3. The largest absolute Gasteiger partial charge is 0.455 e. The number of hydrogen-bond acceptors (Lipinski definition) is 4. The minimum absolute atomic E-state index is 0.0328. The Morgan fingerprint density at radius 1 is 1.03 bits per heavy atom. The van der Waals surface area contributed by atoms with Crippen LogP contribution in [0.4, 0.5) is 0 Å². The zero-order chi connectivity index (χ0) is 21.3. The second-order valence-corrected chi connectivity index (χ2v) is 7.21. The molecule has 2 aromatic rings. The Balaban J connectivity index is 1.50. The maximum Gasteiger partial charge on any atom is 0.308 e. The van der Waals surface area contributed by atoms with E-state index in [-0.39, 0.29) is 24.8 Å². The van der Waals surface area contributed by atoms with Gasteiger partial charge in [-0.25, -0.2) is 0 Å². The molecule has 3 rings (SSSR count).